The molecule has 1 heterocycles. The number of hydrogen-bond acceptors (Lipinski definition) is 1. The Morgan fingerprint density at radius 2 is 1.80 bits per heavy atom. The summed E-state index contributed by atoms with van der Waals surface area (Å²) in [5.74, 6) is 0.827. The largest absolute Gasteiger partial charge is 0.223 e. The van der Waals surface area contributed by atoms with Gasteiger partial charge in [-0.2, -0.15) is 0 Å². The maximum absolute atomic E-state index is 5.53. The Kier molecular flexibility index (Phi) is 9.73. The Morgan fingerprint density at radius 3 is 2.13 bits per heavy atom. The van der Waals surface area contributed by atoms with Crippen LogP contribution in [0.4, 0.5) is 0 Å². The molecule has 0 saturated heterocycles. The van der Waals surface area contributed by atoms with E-state index in [-0.39, 0.29) is 5.15 Å². The van der Waals surface area contributed by atoms with Crippen molar-refractivity contribution in [2.75, 3.05) is 5.88 Å². The van der Waals surface area contributed by atoms with Gasteiger partial charge in [-0.05, 0) is 18.6 Å². The second-order valence-electron chi connectivity index (χ2n) is 2.80. The molecule has 0 aliphatic carbocycles. The second kappa shape index (κ2) is 9.53. The summed E-state index contributed by atoms with van der Waals surface area (Å²) in [6.07, 6.45) is 3.73. The molecule has 0 amide bonds. The number of aromatic nitrogens is 1. The summed E-state index contributed by atoms with van der Waals surface area (Å²) >= 11 is 21.9. The first-order valence-corrected chi connectivity index (χ1v) is 6.32. The third-order valence-corrected chi connectivity index (χ3v) is 2.67. The number of alkyl halides is 1. The molecule has 1 nitrogen and oxygen atoms in total. The van der Waals surface area contributed by atoms with Crippen molar-refractivity contribution in [2.24, 2.45) is 0 Å². The highest BCUT2D eigenvalue weighted by Gasteiger charge is 1.96. The van der Waals surface area contributed by atoms with Gasteiger partial charge >= 0.3 is 0 Å². The Balaban J connectivity index is 0.000000288. The fraction of sp³-hybridized carbons (Fsp3) is 0.500. The van der Waals surface area contributed by atoms with E-state index in [1.165, 1.54) is 19.3 Å². The van der Waals surface area contributed by atoms with E-state index in [1.807, 2.05) is 0 Å². The van der Waals surface area contributed by atoms with E-state index in [4.69, 9.17) is 46.4 Å². The minimum absolute atomic E-state index is 0.240. The van der Waals surface area contributed by atoms with Crippen molar-refractivity contribution in [1.29, 1.82) is 0 Å². The van der Waals surface area contributed by atoms with E-state index < -0.39 is 0 Å². The number of nitrogens with zero attached hydrogens (tertiary/aromatic N) is 1. The van der Waals surface area contributed by atoms with Gasteiger partial charge in [0, 0.05) is 5.88 Å². The van der Waals surface area contributed by atoms with Gasteiger partial charge in [0.15, 0.2) is 0 Å². The number of hydrogen-bond donors (Lipinski definition) is 0. The average molecular weight is 289 g/mol. The summed E-state index contributed by atoms with van der Waals surface area (Å²) in [6, 6.07) is 3.18. The minimum Gasteiger partial charge on any atom is -0.223 e. The van der Waals surface area contributed by atoms with Gasteiger partial charge in [-0.15, -0.1) is 11.6 Å². The third kappa shape index (κ3) is 8.15. The lowest BCUT2D eigenvalue weighted by Crippen LogP contribution is -1.75. The van der Waals surface area contributed by atoms with Crippen LogP contribution in [0, 0.1) is 0 Å². The number of halogens is 4. The van der Waals surface area contributed by atoms with E-state index >= 15 is 0 Å². The molecular formula is C10H13Cl4N. The molecule has 0 aliphatic heterocycles. The zero-order valence-electron chi connectivity index (χ0n) is 8.44. The predicted molar refractivity (Wildman–Crippen MR) is 69.5 cm³/mol. The maximum atomic E-state index is 5.53. The molecule has 0 radical (unpaired) electrons. The van der Waals surface area contributed by atoms with Crippen LogP contribution in [-0.4, -0.2) is 10.9 Å². The first-order valence-electron chi connectivity index (χ1n) is 4.65. The highest BCUT2D eigenvalue weighted by Crippen LogP contribution is 2.20. The van der Waals surface area contributed by atoms with Crippen molar-refractivity contribution in [1.82, 2.24) is 4.98 Å². The molecule has 1 aromatic rings. The Labute approximate surface area is 111 Å². The fourth-order valence-electron chi connectivity index (χ4n) is 0.740. The lowest BCUT2D eigenvalue weighted by Gasteiger charge is -1.91. The molecule has 86 valence electrons. The van der Waals surface area contributed by atoms with E-state index in [2.05, 4.69) is 11.9 Å². The van der Waals surface area contributed by atoms with Crippen LogP contribution in [0.25, 0.3) is 0 Å². The normalized spacial score (nSPS) is 9.40. The van der Waals surface area contributed by atoms with Crippen molar-refractivity contribution in [2.45, 2.75) is 26.2 Å². The number of unbranched alkanes of at least 4 members (excludes halogenated alkanes) is 2. The summed E-state index contributed by atoms with van der Waals surface area (Å²) in [7, 11) is 0. The Hall–Kier alpha value is 0.310. The van der Waals surface area contributed by atoms with Crippen LogP contribution in [0.3, 0.4) is 0 Å². The van der Waals surface area contributed by atoms with Crippen LogP contribution < -0.4 is 0 Å². The van der Waals surface area contributed by atoms with E-state index in [0.717, 1.165) is 5.88 Å². The van der Waals surface area contributed by atoms with Gasteiger partial charge in [0.25, 0.3) is 0 Å². The highest BCUT2D eigenvalue weighted by molar-refractivity contribution is 6.41. The quantitative estimate of drug-likeness (QED) is 0.409. The molecule has 15 heavy (non-hydrogen) atoms. The van der Waals surface area contributed by atoms with Crippen LogP contribution in [0.2, 0.25) is 15.3 Å². The van der Waals surface area contributed by atoms with Gasteiger partial charge in [-0.1, -0.05) is 54.6 Å². The van der Waals surface area contributed by atoms with Crippen molar-refractivity contribution in [3.8, 4) is 0 Å². The molecule has 1 rings (SSSR count). The van der Waals surface area contributed by atoms with Crippen molar-refractivity contribution >= 4 is 46.4 Å². The number of rotatable bonds is 3. The topological polar surface area (TPSA) is 12.9 Å². The lowest BCUT2D eigenvalue weighted by atomic mass is 10.3. The molecule has 1 aromatic heterocycles. The zero-order valence-corrected chi connectivity index (χ0v) is 11.5. The van der Waals surface area contributed by atoms with Gasteiger partial charge < -0.3 is 0 Å². The molecular weight excluding hydrogens is 276 g/mol. The molecule has 0 atom stereocenters. The molecule has 0 spiro atoms. The monoisotopic (exact) mass is 287 g/mol. The average Bonchev–Trinajstić information content (AvgIpc) is 2.22. The Morgan fingerprint density at radius 1 is 1.13 bits per heavy atom. The summed E-state index contributed by atoms with van der Waals surface area (Å²) < 4.78 is 0. The molecule has 5 heteroatoms. The first-order chi connectivity index (χ1) is 7.11. The predicted octanol–water partition coefficient (Wildman–Crippen LogP) is 5.46. The SMILES string of the molecule is CCCCCCl.Clc1ccc(Cl)c(Cl)n1. The highest BCUT2D eigenvalue weighted by atomic mass is 35.5. The number of pyridine rings is 1. The minimum atomic E-state index is 0.240. The van der Waals surface area contributed by atoms with Gasteiger partial charge in [-0.25, -0.2) is 4.98 Å². The van der Waals surface area contributed by atoms with Crippen molar-refractivity contribution in [3.05, 3.63) is 27.5 Å². The van der Waals surface area contributed by atoms with Gasteiger partial charge in [-0.3, -0.25) is 0 Å². The van der Waals surface area contributed by atoms with Crippen LogP contribution in [0.15, 0.2) is 12.1 Å². The Bertz CT molecular complexity index is 274. The van der Waals surface area contributed by atoms with Crippen LogP contribution in [0.1, 0.15) is 26.2 Å². The zero-order chi connectivity index (χ0) is 11.7. The van der Waals surface area contributed by atoms with E-state index in [1.54, 1.807) is 12.1 Å². The van der Waals surface area contributed by atoms with E-state index in [9.17, 15) is 0 Å². The molecule has 0 aliphatic rings. The standard InChI is InChI=1S/C5H2Cl3N.C5H11Cl/c6-3-1-2-4(7)9-5(3)8;1-2-3-4-5-6/h1-2H;2-5H2,1H3. The summed E-state index contributed by atoms with van der Waals surface area (Å²) in [5.41, 5.74) is 0. The van der Waals surface area contributed by atoms with Gasteiger partial charge in [0.2, 0.25) is 0 Å². The molecule has 0 aromatic carbocycles. The van der Waals surface area contributed by atoms with E-state index in [0.29, 0.717) is 10.2 Å². The maximum Gasteiger partial charge on any atom is 0.149 e. The van der Waals surface area contributed by atoms with Crippen LogP contribution in [-0.2, 0) is 0 Å². The van der Waals surface area contributed by atoms with Crippen LogP contribution >= 0.6 is 46.4 Å². The molecule has 0 fully saturated rings. The third-order valence-electron chi connectivity index (χ3n) is 1.51. The van der Waals surface area contributed by atoms with Gasteiger partial charge in [0.1, 0.15) is 10.3 Å². The molecule has 0 N–H and O–H groups in total. The first kappa shape index (κ1) is 15.3. The summed E-state index contributed by atoms with van der Waals surface area (Å²) in [6.45, 7) is 2.17. The van der Waals surface area contributed by atoms with Crippen molar-refractivity contribution in [3.63, 3.8) is 0 Å². The van der Waals surface area contributed by atoms with Crippen molar-refractivity contribution < 1.29 is 0 Å². The molecule has 0 bridgehead atoms. The lowest BCUT2D eigenvalue weighted by molar-refractivity contribution is 0.776. The fourth-order valence-corrected chi connectivity index (χ4v) is 1.38. The molecule has 0 unspecified atom stereocenters. The second-order valence-corrected chi connectivity index (χ2v) is 4.33. The molecule has 0 saturated carbocycles. The van der Waals surface area contributed by atoms with Gasteiger partial charge in [0.05, 0.1) is 5.02 Å². The smallest absolute Gasteiger partial charge is 0.149 e. The summed E-state index contributed by atoms with van der Waals surface area (Å²) in [4.78, 5) is 3.67. The van der Waals surface area contributed by atoms with Crippen LogP contribution in [0.5, 0.6) is 0 Å². The summed E-state index contributed by atoms with van der Waals surface area (Å²) in [5, 5.41) is 1.01.